The van der Waals surface area contributed by atoms with Gasteiger partial charge >= 0.3 is 11.9 Å². The average molecular weight is 746 g/mol. The maximum Gasteiger partial charge on any atom is 0.362 e. The third-order valence-corrected chi connectivity index (χ3v) is 10.2. The molecule has 0 amide bonds. The van der Waals surface area contributed by atoms with Gasteiger partial charge in [-0.05, 0) is 70.8 Å². The second-order valence-electron chi connectivity index (χ2n) is 13.5. The molecule has 2 aliphatic rings. The Balaban J connectivity index is 1.58. The largest absolute Gasteiger partial charge is 0.479 e. The van der Waals surface area contributed by atoms with E-state index in [0.717, 1.165) is 55.8 Å². The van der Waals surface area contributed by atoms with Crippen LogP contribution in [-0.4, -0.2) is 44.8 Å². The van der Waals surface area contributed by atoms with Gasteiger partial charge in [0.15, 0.2) is 0 Å². The number of aromatic nitrogens is 4. The van der Waals surface area contributed by atoms with Crippen molar-refractivity contribution < 1.29 is 19.4 Å². The van der Waals surface area contributed by atoms with E-state index in [0.29, 0.717) is 33.5 Å². The minimum Gasteiger partial charge on any atom is -0.479 e. The first-order valence-corrected chi connectivity index (χ1v) is 18.5. The lowest BCUT2D eigenvalue weighted by Gasteiger charge is -2.16. The number of hydrogen-bond acceptors (Lipinski definition) is 6. The average Bonchev–Trinajstić information content (AvgIpc) is 4.10. The number of aliphatic hydroxyl groups is 1. The number of esters is 1. The molecule has 7 aromatic rings. The van der Waals surface area contributed by atoms with Gasteiger partial charge in [-0.25, -0.2) is 14.8 Å². The molecule has 0 saturated heterocycles. The molecule has 8 nitrogen and oxygen atoms in total. The van der Waals surface area contributed by atoms with Crippen LogP contribution in [0, 0.1) is 0 Å². The highest BCUT2D eigenvalue weighted by atomic mass is 16.6. The Morgan fingerprint density at radius 3 is 1.19 bits per heavy atom. The molecule has 0 saturated carbocycles. The summed E-state index contributed by atoms with van der Waals surface area (Å²) in [7, 11) is 2.59. The van der Waals surface area contributed by atoms with Crippen LogP contribution in [0.2, 0.25) is 0 Å². The van der Waals surface area contributed by atoms with E-state index in [1.165, 1.54) is 14.2 Å². The van der Waals surface area contributed by atoms with Gasteiger partial charge in [0.1, 0.15) is 0 Å². The number of hydrogen-bond donors (Lipinski definition) is 2. The summed E-state index contributed by atoms with van der Waals surface area (Å²) in [6.07, 6.45) is 8.02. The topological polar surface area (TPSA) is 102 Å². The van der Waals surface area contributed by atoms with E-state index in [9.17, 15) is 9.90 Å². The van der Waals surface area contributed by atoms with Crippen molar-refractivity contribution in [1.82, 2.24) is 19.5 Å². The van der Waals surface area contributed by atoms with E-state index in [1.807, 2.05) is 133 Å². The van der Waals surface area contributed by atoms with Crippen LogP contribution < -0.4 is 0 Å². The number of ether oxygens (including phenoxy) is 2. The Bertz CT molecular complexity index is 2750. The summed E-state index contributed by atoms with van der Waals surface area (Å²) in [6.45, 7) is 0. The fourth-order valence-electron chi connectivity index (χ4n) is 7.66. The van der Waals surface area contributed by atoms with Crippen LogP contribution in [0.4, 0.5) is 0 Å². The molecule has 0 spiro atoms. The molecular weight excluding hydrogens is 710 g/mol. The maximum absolute atomic E-state index is 13.9. The SMILES string of the molecule is COC(=O)/[13C](=C(/O)OC)n1c2ccc1c(-c1ccccc1)c1nc(c(-c3ccccc3)c3ccc([nH]3)c(-c3ccccc3)c3nc(c2-c2ccccc2)C=C3)C=C1. The number of carbonyl (C=O) groups excluding carboxylic acids is 1. The van der Waals surface area contributed by atoms with Gasteiger partial charge in [0.25, 0.3) is 0 Å². The molecule has 2 N–H and O–H groups in total. The third-order valence-electron chi connectivity index (χ3n) is 10.2. The lowest BCUT2D eigenvalue weighted by atomic mass is 10.0. The summed E-state index contributed by atoms with van der Waals surface area (Å²) < 4.78 is 12.4. The molecule has 0 atom stereocenters. The zero-order valence-electron chi connectivity index (χ0n) is 31.2. The summed E-state index contributed by atoms with van der Waals surface area (Å²) in [5.41, 5.74) is 12.4. The van der Waals surface area contributed by atoms with Gasteiger partial charge in [-0.1, -0.05) is 121 Å². The highest BCUT2D eigenvalue weighted by Crippen LogP contribution is 2.40. The Hall–Kier alpha value is -7.71. The van der Waals surface area contributed by atoms with Gasteiger partial charge in [-0.3, -0.25) is 4.57 Å². The predicted molar refractivity (Wildman–Crippen MR) is 229 cm³/mol. The molecule has 9 rings (SSSR count). The molecule has 5 heterocycles. The van der Waals surface area contributed by atoms with Crippen LogP contribution in [0.3, 0.4) is 0 Å². The van der Waals surface area contributed by atoms with Gasteiger partial charge in [-0.2, -0.15) is 0 Å². The van der Waals surface area contributed by atoms with Crippen molar-refractivity contribution in [3.63, 3.8) is 0 Å². The van der Waals surface area contributed by atoms with Gasteiger partial charge in [0.2, 0.25) is 5.70 Å². The Kier molecular flexibility index (Phi) is 9.12. The van der Waals surface area contributed by atoms with Crippen LogP contribution in [0.25, 0.3) is 96.6 Å². The van der Waals surface area contributed by atoms with Crippen molar-refractivity contribution in [2.24, 2.45) is 0 Å². The molecular formula is C49H36N4O4. The van der Waals surface area contributed by atoms with Crippen molar-refractivity contribution in [2.75, 3.05) is 14.2 Å². The first kappa shape index (κ1) is 35.0. The lowest BCUT2D eigenvalue weighted by molar-refractivity contribution is -0.134. The zero-order chi connectivity index (χ0) is 38.9. The first-order chi connectivity index (χ1) is 28.0. The summed E-state index contributed by atoms with van der Waals surface area (Å²) >= 11 is 0. The molecule has 276 valence electrons. The molecule has 0 unspecified atom stereocenters. The molecule has 0 aliphatic carbocycles. The molecule has 2 aliphatic heterocycles. The molecule has 8 heteroatoms. The lowest BCUT2D eigenvalue weighted by Crippen LogP contribution is -2.15. The number of aromatic amines is 1. The maximum atomic E-state index is 13.9. The zero-order valence-corrected chi connectivity index (χ0v) is 31.2. The Morgan fingerprint density at radius 1 is 0.491 bits per heavy atom. The number of aliphatic hydroxyl groups excluding tert-OH is 1. The van der Waals surface area contributed by atoms with Crippen LogP contribution in [0.1, 0.15) is 22.8 Å². The number of benzene rings is 4. The highest BCUT2D eigenvalue weighted by molar-refractivity contribution is 6.15. The minimum absolute atomic E-state index is 0.206. The van der Waals surface area contributed by atoms with Crippen molar-refractivity contribution in [1.29, 1.82) is 0 Å². The second kappa shape index (κ2) is 14.8. The monoisotopic (exact) mass is 745 g/mol. The normalized spacial score (nSPS) is 12.3. The second-order valence-corrected chi connectivity index (χ2v) is 13.5. The number of H-pyrrole nitrogens is 1. The van der Waals surface area contributed by atoms with Crippen LogP contribution in [-0.2, 0) is 14.3 Å². The number of nitrogens with zero attached hydrogens (tertiary/aromatic N) is 3. The third kappa shape index (κ3) is 6.29. The van der Waals surface area contributed by atoms with E-state index < -0.39 is 11.9 Å². The van der Waals surface area contributed by atoms with Crippen molar-refractivity contribution in [3.05, 3.63) is 174 Å². The van der Waals surface area contributed by atoms with Crippen LogP contribution >= 0.6 is 0 Å². The molecule has 57 heavy (non-hydrogen) atoms. The fraction of sp³-hybridized carbons (Fsp3) is 0.0408. The van der Waals surface area contributed by atoms with E-state index in [-0.39, 0.29) is 5.70 Å². The first-order valence-electron chi connectivity index (χ1n) is 18.5. The van der Waals surface area contributed by atoms with Gasteiger partial charge in [0.05, 0.1) is 48.0 Å². The number of rotatable bonds is 7. The van der Waals surface area contributed by atoms with Crippen LogP contribution in [0.15, 0.2) is 152 Å². The number of carbonyl (C=O) groups is 1. The Morgan fingerprint density at radius 2 is 0.842 bits per heavy atom. The molecule has 3 aromatic heterocycles. The van der Waals surface area contributed by atoms with Gasteiger partial charge < -0.3 is 19.6 Å². The summed E-state index contributed by atoms with van der Waals surface area (Å²) in [6, 6.07) is 48.2. The number of fused-ring (bicyclic) bond motifs is 8. The Labute approximate surface area is 329 Å². The summed E-state index contributed by atoms with van der Waals surface area (Å²) in [5.74, 6) is -1.40. The van der Waals surface area contributed by atoms with Crippen LogP contribution in [0.5, 0.6) is 0 Å². The summed E-state index contributed by atoms with van der Waals surface area (Å²) in [4.78, 5) is 28.4. The van der Waals surface area contributed by atoms with E-state index >= 15 is 0 Å². The standard InChI is InChI=1S/C49H36N4O4/c1-56-48(54)47(49(55)57-2)53-41-29-30-42(53)46(34-21-13-6-14-22-34)40-28-26-38(52-40)44(32-17-9-4-10-18-32)36-24-23-35(50-36)43(31-15-7-3-8-16-31)37-25-27-39(51-37)45(41)33-19-11-5-12-20-33/h3-30,50,54H,1-2H3/b43-35?,43-37?,44-36?,44-38?,45-39?,45-41?,46-40?,46-42?,48-47+/i47+1. The molecule has 4 aromatic carbocycles. The molecule has 8 bridgehead atoms. The van der Waals surface area contributed by atoms with Crippen molar-refractivity contribution >= 4 is 58.0 Å². The highest BCUT2D eigenvalue weighted by Gasteiger charge is 2.27. The smallest absolute Gasteiger partial charge is 0.362 e. The van der Waals surface area contributed by atoms with E-state index in [2.05, 4.69) is 41.4 Å². The van der Waals surface area contributed by atoms with E-state index in [1.54, 1.807) is 4.57 Å². The number of methoxy groups -OCH3 is 2. The van der Waals surface area contributed by atoms with E-state index in [4.69, 9.17) is 19.4 Å². The van der Waals surface area contributed by atoms with Gasteiger partial charge in [0, 0.05) is 33.3 Å². The summed E-state index contributed by atoms with van der Waals surface area (Å²) in [5, 5.41) is 11.5. The molecule has 0 fully saturated rings. The quantitative estimate of drug-likeness (QED) is 0.0729. The fourth-order valence-corrected chi connectivity index (χ4v) is 7.66. The van der Waals surface area contributed by atoms with Gasteiger partial charge in [-0.15, -0.1) is 0 Å². The minimum atomic E-state index is -0.796. The predicted octanol–water partition coefficient (Wildman–Crippen LogP) is 11.3. The number of nitrogens with one attached hydrogen (secondary N) is 1. The van der Waals surface area contributed by atoms with Crippen molar-refractivity contribution in [3.8, 4) is 44.5 Å². The van der Waals surface area contributed by atoms with Crippen molar-refractivity contribution in [2.45, 2.75) is 0 Å². The molecule has 0 radical (unpaired) electrons.